The van der Waals surface area contributed by atoms with Gasteiger partial charge in [0.25, 0.3) is 5.91 Å². The fourth-order valence-electron chi connectivity index (χ4n) is 2.44. The van der Waals surface area contributed by atoms with Gasteiger partial charge in [-0.15, -0.1) is 0 Å². The smallest absolute Gasteiger partial charge is 0.257 e. The van der Waals surface area contributed by atoms with Crippen LogP contribution in [0.2, 0.25) is 15.1 Å². The third-order valence-electron chi connectivity index (χ3n) is 3.55. The Bertz CT molecular complexity index is 959. The standard InChI is InChI=1S/C17H11Cl3N2O2/c1-9(23)22-8-12(11-6-5-10(18)7-15(11)22)17(24)21-16-13(19)3-2-4-14(16)20/h2-8H,1H3,(H,21,24). The second-order valence-corrected chi connectivity index (χ2v) is 6.39. The number of nitrogens with one attached hydrogen (secondary N) is 1. The van der Waals surface area contributed by atoms with Crippen LogP contribution < -0.4 is 5.32 Å². The quantitative estimate of drug-likeness (QED) is 0.636. The maximum absolute atomic E-state index is 12.7. The van der Waals surface area contributed by atoms with Crippen LogP contribution >= 0.6 is 34.8 Å². The van der Waals surface area contributed by atoms with E-state index in [0.29, 0.717) is 37.2 Å². The van der Waals surface area contributed by atoms with Crippen molar-refractivity contribution in [1.29, 1.82) is 0 Å². The van der Waals surface area contributed by atoms with Gasteiger partial charge in [0.2, 0.25) is 5.91 Å². The lowest BCUT2D eigenvalue weighted by Gasteiger charge is -2.08. The third-order valence-corrected chi connectivity index (χ3v) is 4.42. The van der Waals surface area contributed by atoms with Crippen LogP contribution in [0.1, 0.15) is 22.1 Å². The van der Waals surface area contributed by atoms with Crippen molar-refractivity contribution in [2.75, 3.05) is 5.32 Å². The topological polar surface area (TPSA) is 51.1 Å². The summed E-state index contributed by atoms with van der Waals surface area (Å²) in [6.45, 7) is 1.41. The molecule has 0 saturated carbocycles. The molecule has 0 atom stereocenters. The number of carbonyl (C=O) groups excluding carboxylic acids is 2. The van der Waals surface area contributed by atoms with Gasteiger partial charge in [-0.25, -0.2) is 0 Å². The molecule has 0 fully saturated rings. The van der Waals surface area contributed by atoms with Crippen LogP contribution in [0.3, 0.4) is 0 Å². The highest BCUT2D eigenvalue weighted by molar-refractivity contribution is 6.40. The van der Waals surface area contributed by atoms with E-state index in [1.807, 2.05) is 0 Å². The van der Waals surface area contributed by atoms with Crippen molar-refractivity contribution >= 4 is 63.2 Å². The number of para-hydroxylation sites is 1. The van der Waals surface area contributed by atoms with Gasteiger partial charge in [0, 0.05) is 23.5 Å². The number of hydrogen-bond acceptors (Lipinski definition) is 2. The number of carbonyl (C=O) groups is 2. The monoisotopic (exact) mass is 380 g/mol. The zero-order valence-electron chi connectivity index (χ0n) is 12.4. The number of amides is 1. The van der Waals surface area contributed by atoms with E-state index < -0.39 is 5.91 Å². The van der Waals surface area contributed by atoms with Gasteiger partial charge in [0.1, 0.15) is 0 Å². The summed E-state index contributed by atoms with van der Waals surface area (Å²) < 4.78 is 1.38. The zero-order chi connectivity index (χ0) is 17.4. The number of rotatable bonds is 2. The van der Waals surface area contributed by atoms with E-state index >= 15 is 0 Å². The number of benzene rings is 2. The molecule has 7 heteroatoms. The molecule has 0 aliphatic carbocycles. The number of aromatic nitrogens is 1. The van der Waals surface area contributed by atoms with Crippen molar-refractivity contribution in [3.63, 3.8) is 0 Å². The lowest BCUT2D eigenvalue weighted by molar-refractivity contribution is 0.0941. The molecule has 0 saturated heterocycles. The predicted molar refractivity (Wildman–Crippen MR) is 97.7 cm³/mol. The van der Waals surface area contributed by atoms with Crippen LogP contribution in [-0.4, -0.2) is 16.4 Å². The van der Waals surface area contributed by atoms with Gasteiger partial charge in [-0.05, 0) is 24.3 Å². The van der Waals surface area contributed by atoms with Gasteiger partial charge in [0.05, 0.1) is 26.8 Å². The molecule has 122 valence electrons. The fraction of sp³-hybridized carbons (Fsp3) is 0.0588. The summed E-state index contributed by atoms with van der Waals surface area (Å²) in [4.78, 5) is 24.5. The maximum atomic E-state index is 12.7. The Hall–Kier alpha value is -2.01. The number of anilines is 1. The highest BCUT2D eigenvalue weighted by Gasteiger charge is 2.19. The van der Waals surface area contributed by atoms with Crippen molar-refractivity contribution in [2.24, 2.45) is 0 Å². The molecule has 0 bridgehead atoms. The third kappa shape index (κ3) is 3.00. The van der Waals surface area contributed by atoms with E-state index in [1.165, 1.54) is 17.7 Å². The maximum Gasteiger partial charge on any atom is 0.257 e. The lowest BCUT2D eigenvalue weighted by Crippen LogP contribution is -2.12. The Morgan fingerprint density at radius 2 is 1.71 bits per heavy atom. The van der Waals surface area contributed by atoms with Gasteiger partial charge in [-0.3, -0.25) is 14.2 Å². The van der Waals surface area contributed by atoms with Crippen LogP contribution in [0.25, 0.3) is 10.9 Å². The second-order valence-electron chi connectivity index (χ2n) is 5.14. The summed E-state index contributed by atoms with van der Waals surface area (Å²) in [6, 6.07) is 9.93. The SMILES string of the molecule is CC(=O)n1cc(C(=O)Nc2c(Cl)cccc2Cl)c2ccc(Cl)cc21. The van der Waals surface area contributed by atoms with Crippen LogP contribution in [0.5, 0.6) is 0 Å². The van der Waals surface area contributed by atoms with Gasteiger partial charge in [0.15, 0.2) is 0 Å². The molecule has 2 aromatic carbocycles. The summed E-state index contributed by atoms with van der Waals surface area (Å²) in [7, 11) is 0. The minimum atomic E-state index is -0.419. The van der Waals surface area contributed by atoms with Crippen LogP contribution in [0, 0.1) is 0 Å². The molecule has 1 heterocycles. The molecule has 3 rings (SSSR count). The lowest BCUT2D eigenvalue weighted by atomic mass is 10.1. The first-order valence-electron chi connectivity index (χ1n) is 6.95. The molecule has 0 aliphatic heterocycles. The molecule has 1 amide bonds. The first-order chi connectivity index (χ1) is 11.4. The van der Waals surface area contributed by atoms with Crippen molar-refractivity contribution < 1.29 is 9.59 Å². The molecule has 0 unspecified atom stereocenters. The molecule has 4 nitrogen and oxygen atoms in total. The van der Waals surface area contributed by atoms with Crippen molar-refractivity contribution in [2.45, 2.75) is 6.92 Å². The summed E-state index contributed by atoms with van der Waals surface area (Å²) in [5.74, 6) is -0.644. The van der Waals surface area contributed by atoms with Gasteiger partial charge < -0.3 is 5.32 Å². The van der Waals surface area contributed by atoms with Crippen molar-refractivity contribution in [3.05, 3.63) is 63.2 Å². The van der Waals surface area contributed by atoms with E-state index in [-0.39, 0.29) is 5.91 Å². The molecular weight excluding hydrogens is 371 g/mol. The summed E-state index contributed by atoms with van der Waals surface area (Å²) in [5, 5.41) is 4.43. The molecule has 0 radical (unpaired) electrons. The second kappa shape index (κ2) is 6.48. The van der Waals surface area contributed by atoms with Crippen LogP contribution in [0.15, 0.2) is 42.6 Å². The van der Waals surface area contributed by atoms with E-state index in [0.717, 1.165) is 0 Å². The van der Waals surface area contributed by atoms with E-state index in [2.05, 4.69) is 5.32 Å². The minimum Gasteiger partial charge on any atom is -0.319 e. The number of halogens is 3. The summed E-state index contributed by atoms with van der Waals surface area (Å²) in [6.07, 6.45) is 1.48. The molecule has 0 aliphatic rings. The molecule has 0 spiro atoms. The Morgan fingerprint density at radius 3 is 2.33 bits per heavy atom. The minimum absolute atomic E-state index is 0.225. The van der Waals surface area contributed by atoms with Gasteiger partial charge >= 0.3 is 0 Å². The Morgan fingerprint density at radius 1 is 1.04 bits per heavy atom. The fourth-order valence-corrected chi connectivity index (χ4v) is 3.10. The van der Waals surface area contributed by atoms with Crippen molar-refractivity contribution in [3.8, 4) is 0 Å². The van der Waals surface area contributed by atoms with E-state index in [9.17, 15) is 9.59 Å². The van der Waals surface area contributed by atoms with Crippen molar-refractivity contribution in [1.82, 2.24) is 4.57 Å². The normalized spacial score (nSPS) is 10.8. The van der Waals surface area contributed by atoms with Crippen LogP contribution in [-0.2, 0) is 0 Å². The first kappa shape index (κ1) is 16.8. The summed E-state index contributed by atoms with van der Waals surface area (Å²) >= 11 is 18.2. The molecule has 1 N–H and O–H groups in total. The van der Waals surface area contributed by atoms with Crippen LogP contribution in [0.4, 0.5) is 5.69 Å². The number of fused-ring (bicyclic) bond motifs is 1. The Kier molecular flexibility index (Phi) is 4.54. The first-order valence-corrected chi connectivity index (χ1v) is 8.09. The highest BCUT2D eigenvalue weighted by Crippen LogP contribution is 2.31. The van der Waals surface area contributed by atoms with Gasteiger partial charge in [-0.1, -0.05) is 46.9 Å². The average Bonchev–Trinajstić information content (AvgIpc) is 2.89. The zero-order valence-corrected chi connectivity index (χ0v) is 14.7. The molecular formula is C17H11Cl3N2O2. The molecule has 1 aromatic heterocycles. The van der Waals surface area contributed by atoms with Gasteiger partial charge in [-0.2, -0.15) is 0 Å². The number of hydrogen-bond donors (Lipinski definition) is 1. The largest absolute Gasteiger partial charge is 0.319 e. The molecule has 3 aromatic rings. The number of nitrogens with zero attached hydrogens (tertiary/aromatic N) is 1. The van der Waals surface area contributed by atoms with E-state index in [1.54, 1.807) is 36.4 Å². The van der Waals surface area contributed by atoms with E-state index in [4.69, 9.17) is 34.8 Å². The Labute approximate surface area is 152 Å². The Balaban J connectivity index is 2.09. The highest BCUT2D eigenvalue weighted by atomic mass is 35.5. The molecule has 24 heavy (non-hydrogen) atoms. The predicted octanol–water partition coefficient (Wildman–Crippen LogP) is 5.51. The average molecular weight is 382 g/mol. The summed E-state index contributed by atoms with van der Waals surface area (Å²) in [5.41, 5.74) is 1.21.